The maximum absolute atomic E-state index is 6.02. The van der Waals surface area contributed by atoms with Crippen LogP contribution in [0.4, 0.5) is 11.4 Å². The van der Waals surface area contributed by atoms with Crippen molar-refractivity contribution in [2.75, 3.05) is 10.7 Å². The van der Waals surface area contributed by atoms with Crippen LogP contribution in [0.25, 0.3) is 0 Å². The third-order valence-electron chi connectivity index (χ3n) is 4.43. The number of para-hydroxylation sites is 1. The highest BCUT2D eigenvalue weighted by molar-refractivity contribution is 6.30. The molecule has 1 aliphatic rings. The topological polar surface area (TPSA) is 41.6 Å². The van der Waals surface area contributed by atoms with E-state index in [-0.39, 0.29) is 6.04 Å². The summed E-state index contributed by atoms with van der Waals surface area (Å²) in [4.78, 5) is 0. The normalized spacial score (nSPS) is 16.8. The van der Waals surface area contributed by atoms with Crippen molar-refractivity contribution >= 4 is 28.7 Å². The van der Waals surface area contributed by atoms with Crippen LogP contribution in [0.3, 0.4) is 0 Å². The van der Waals surface area contributed by atoms with Gasteiger partial charge in [-0.3, -0.25) is 5.01 Å². The maximum atomic E-state index is 6.02. The zero-order valence-corrected chi connectivity index (χ0v) is 14.4. The van der Waals surface area contributed by atoms with Crippen LogP contribution in [0.2, 0.25) is 5.02 Å². The highest BCUT2D eigenvalue weighted by Crippen LogP contribution is 2.36. The number of halogens is 1. The first-order valence-electron chi connectivity index (χ1n) is 8.24. The minimum atomic E-state index is 0.147. The molecule has 3 nitrogen and oxygen atoms in total. The van der Waals surface area contributed by atoms with Gasteiger partial charge in [0.2, 0.25) is 0 Å². The number of rotatable bonds is 3. The summed E-state index contributed by atoms with van der Waals surface area (Å²) >= 11 is 6.02. The monoisotopic (exact) mass is 347 g/mol. The second-order valence-corrected chi connectivity index (χ2v) is 6.56. The zero-order chi connectivity index (χ0) is 17.2. The molecule has 1 unspecified atom stereocenters. The van der Waals surface area contributed by atoms with Gasteiger partial charge in [0, 0.05) is 17.1 Å². The molecule has 0 saturated carbocycles. The SMILES string of the molecule is Nc1ccc(C2CC(c3ccc(Cl)cc3)=NN2c2ccccc2)cc1. The molecule has 0 aromatic heterocycles. The van der Waals surface area contributed by atoms with Crippen LogP contribution >= 0.6 is 11.6 Å². The second-order valence-electron chi connectivity index (χ2n) is 6.12. The van der Waals surface area contributed by atoms with Crippen LogP contribution in [0.1, 0.15) is 23.6 Å². The first-order valence-corrected chi connectivity index (χ1v) is 8.61. The van der Waals surface area contributed by atoms with Crippen LogP contribution in [-0.2, 0) is 0 Å². The Bertz CT molecular complexity index is 887. The summed E-state index contributed by atoms with van der Waals surface area (Å²) in [6.07, 6.45) is 0.834. The van der Waals surface area contributed by atoms with Gasteiger partial charge in [-0.05, 0) is 47.5 Å². The minimum absolute atomic E-state index is 0.147. The number of anilines is 2. The van der Waals surface area contributed by atoms with Crippen molar-refractivity contribution in [1.29, 1.82) is 0 Å². The van der Waals surface area contributed by atoms with Gasteiger partial charge in [0.05, 0.1) is 17.4 Å². The number of hydrazone groups is 1. The molecule has 4 rings (SSSR count). The van der Waals surface area contributed by atoms with Gasteiger partial charge in [0.25, 0.3) is 0 Å². The summed E-state index contributed by atoms with van der Waals surface area (Å²) in [5.74, 6) is 0. The Kier molecular flexibility index (Phi) is 4.16. The maximum Gasteiger partial charge on any atom is 0.0831 e. The molecule has 4 heteroatoms. The standard InChI is InChI=1S/C21H18ClN3/c22-17-10-6-15(7-11-17)20-14-21(16-8-12-18(23)13-9-16)25(24-20)19-4-2-1-3-5-19/h1-13,21H,14,23H2. The summed E-state index contributed by atoms with van der Waals surface area (Å²) in [5.41, 5.74) is 11.1. The van der Waals surface area contributed by atoms with Gasteiger partial charge >= 0.3 is 0 Å². The number of nitrogen functional groups attached to an aromatic ring is 1. The van der Waals surface area contributed by atoms with E-state index in [1.54, 1.807) is 0 Å². The Morgan fingerprint density at radius 2 is 1.56 bits per heavy atom. The van der Waals surface area contributed by atoms with Crippen LogP contribution in [0, 0.1) is 0 Å². The van der Waals surface area contributed by atoms with E-state index in [0.29, 0.717) is 0 Å². The average Bonchev–Trinajstić information content (AvgIpc) is 3.09. The summed E-state index contributed by atoms with van der Waals surface area (Å²) < 4.78 is 0. The lowest BCUT2D eigenvalue weighted by molar-refractivity contribution is 0.709. The lowest BCUT2D eigenvalue weighted by Gasteiger charge is -2.24. The third kappa shape index (κ3) is 3.24. The van der Waals surface area contributed by atoms with E-state index in [9.17, 15) is 0 Å². The second kappa shape index (κ2) is 6.61. The van der Waals surface area contributed by atoms with E-state index in [4.69, 9.17) is 22.4 Å². The predicted octanol–water partition coefficient (Wildman–Crippen LogP) is 5.28. The zero-order valence-electron chi connectivity index (χ0n) is 13.6. The summed E-state index contributed by atoms with van der Waals surface area (Å²) in [6.45, 7) is 0. The van der Waals surface area contributed by atoms with Crippen molar-refractivity contribution in [1.82, 2.24) is 0 Å². The van der Waals surface area contributed by atoms with Gasteiger partial charge in [-0.2, -0.15) is 5.10 Å². The Morgan fingerprint density at radius 1 is 0.880 bits per heavy atom. The van der Waals surface area contributed by atoms with Crippen LogP contribution in [0.5, 0.6) is 0 Å². The Morgan fingerprint density at radius 3 is 2.24 bits per heavy atom. The molecule has 1 heterocycles. The van der Waals surface area contributed by atoms with Gasteiger partial charge in [-0.25, -0.2) is 0 Å². The van der Waals surface area contributed by atoms with Gasteiger partial charge in [0.15, 0.2) is 0 Å². The van der Waals surface area contributed by atoms with Crippen LogP contribution < -0.4 is 10.7 Å². The largest absolute Gasteiger partial charge is 0.399 e. The molecule has 0 fully saturated rings. The smallest absolute Gasteiger partial charge is 0.0831 e. The Labute approximate surface area is 152 Å². The van der Waals surface area contributed by atoms with E-state index >= 15 is 0 Å². The van der Waals surface area contributed by atoms with Crippen LogP contribution in [-0.4, -0.2) is 5.71 Å². The molecule has 25 heavy (non-hydrogen) atoms. The average molecular weight is 348 g/mol. The molecule has 0 bridgehead atoms. The van der Waals surface area contributed by atoms with E-state index in [1.165, 1.54) is 5.56 Å². The van der Waals surface area contributed by atoms with Crippen molar-refractivity contribution in [3.63, 3.8) is 0 Å². The van der Waals surface area contributed by atoms with Gasteiger partial charge in [-0.15, -0.1) is 0 Å². The number of nitrogens with two attached hydrogens (primary N) is 1. The van der Waals surface area contributed by atoms with Gasteiger partial charge in [-0.1, -0.05) is 54.1 Å². The van der Waals surface area contributed by atoms with E-state index in [0.717, 1.165) is 34.1 Å². The van der Waals surface area contributed by atoms with Crippen molar-refractivity contribution in [2.45, 2.75) is 12.5 Å². The van der Waals surface area contributed by atoms with E-state index < -0.39 is 0 Å². The minimum Gasteiger partial charge on any atom is -0.399 e. The lowest BCUT2D eigenvalue weighted by atomic mass is 9.98. The van der Waals surface area contributed by atoms with Gasteiger partial charge < -0.3 is 5.73 Å². The van der Waals surface area contributed by atoms with E-state index in [1.807, 2.05) is 54.6 Å². The molecule has 1 atom stereocenters. The number of hydrogen-bond donors (Lipinski definition) is 1. The summed E-state index contributed by atoms with van der Waals surface area (Å²) in [7, 11) is 0. The van der Waals surface area contributed by atoms with Crippen molar-refractivity contribution in [2.24, 2.45) is 5.10 Å². The molecule has 1 aliphatic heterocycles. The molecule has 0 spiro atoms. The molecule has 124 valence electrons. The summed E-state index contributed by atoms with van der Waals surface area (Å²) in [6, 6.07) is 26.3. The molecule has 0 aliphatic carbocycles. The molecule has 3 aromatic rings. The summed E-state index contributed by atoms with van der Waals surface area (Å²) in [5, 5.41) is 7.74. The molecule has 3 aromatic carbocycles. The predicted molar refractivity (Wildman–Crippen MR) is 105 cm³/mol. The Hall–Kier alpha value is -2.78. The van der Waals surface area contributed by atoms with Gasteiger partial charge in [0.1, 0.15) is 0 Å². The molecule has 0 radical (unpaired) electrons. The number of hydrogen-bond acceptors (Lipinski definition) is 3. The first-order chi connectivity index (χ1) is 12.2. The highest BCUT2D eigenvalue weighted by atomic mass is 35.5. The first kappa shape index (κ1) is 15.7. The number of nitrogens with zero attached hydrogens (tertiary/aromatic N) is 2. The molecular weight excluding hydrogens is 330 g/mol. The molecule has 0 saturated heterocycles. The molecule has 2 N–H and O–H groups in total. The third-order valence-corrected chi connectivity index (χ3v) is 4.68. The molecule has 0 amide bonds. The van der Waals surface area contributed by atoms with Crippen molar-refractivity contribution in [3.05, 3.63) is 95.0 Å². The highest BCUT2D eigenvalue weighted by Gasteiger charge is 2.29. The quantitative estimate of drug-likeness (QED) is 0.655. The van der Waals surface area contributed by atoms with Crippen molar-refractivity contribution < 1.29 is 0 Å². The fourth-order valence-electron chi connectivity index (χ4n) is 3.12. The number of benzene rings is 3. The fourth-order valence-corrected chi connectivity index (χ4v) is 3.25. The molecular formula is C21H18ClN3. The van der Waals surface area contributed by atoms with Crippen molar-refractivity contribution in [3.8, 4) is 0 Å². The van der Waals surface area contributed by atoms with Crippen LogP contribution in [0.15, 0.2) is 84.0 Å². The fraction of sp³-hybridized carbons (Fsp3) is 0.0952. The Balaban J connectivity index is 1.73. The lowest BCUT2D eigenvalue weighted by Crippen LogP contribution is -2.18. The van der Waals surface area contributed by atoms with E-state index in [2.05, 4.69) is 29.3 Å².